The summed E-state index contributed by atoms with van der Waals surface area (Å²) in [6.07, 6.45) is -6.03. The number of alkyl halides is 3. The number of rotatable bonds is 3. The Morgan fingerprint density at radius 2 is 1.96 bits per heavy atom. The molecule has 0 spiro atoms. The highest BCUT2D eigenvalue weighted by Gasteiger charge is 2.39. The number of halogens is 3. The molecule has 2 unspecified atom stereocenters. The Balaban J connectivity index is 2.52. The van der Waals surface area contributed by atoms with E-state index in [1.54, 1.807) is 0 Å². The summed E-state index contributed by atoms with van der Waals surface area (Å²) in [6.45, 7) is 1.47. The number of carbonyl (C=O) groups is 1. The van der Waals surface area contributed by atoms with Crippen molar-refractivity contribution in [3.63, 3.8) is 0 Å². The number of Topliss-reactive ketones (excluding diaryl/α,β-unsaturated/α-hetero) is 1. The van der Waals surface area contributed by atoms with Gasteiger partial charge in [-0.15, -0.1) is 0 Å². The lowest BCUT2D eigenvalue weighted by Crippen LogP contribution is -2.36. The van der Waals surface area contributed by atoms with Gasteiger partial charge in [0.2, 0.25) is 0 Å². The number of benzene rings is 1. The van der Waals surface area contributed by atoms with Crippen molar-refractivity contribution in [3.8, 4) is 0 Å². The van der Waals surface area contributed by atoms with Gasteiger partial charge in [0.15, 0.2) is 22.7 Å². The molecule has 1 heterocycles. The van der Waals surface area contributed by atoms with E-state index in [1.807, 2.05) is 0 Å². The maximum absolute atomic E-state index is 12.7. The fourth-order valence-corrected chi connectivity index (χ4v) is 2.99. The topological polar surface area (TPSA) is 87.0 Å². The van der Waals surface area contributed by atoms with Crippen molar-refractivity contribution < 1.29 is 31.5 Å². The highest BCUT2D eigenvalue weighted by Crippen LogP contribution is 2.32. The summed E-state index contributed by atoms with van der Waals surface area (Å²) in [5, 5.41) is 14.9. The molecule has 0 aliphatic carbocycles. The molecule has 126 valence electrons. The van der Waals surface area contributed by atoms with Gasteiger partial charge in [0, 0.05) is 12.6 Å². The lowest BCUT2D eigenvalue weighted by atomic mass is 9.92. The number of aliphatic hydroxyl groups is 1. The van der Waals surface area contributed by atoms with Gasteiger partial charge < -0.3 is 5.11 Å². The molecule has 0 aromatic heterocycles. The summed E-state index contributed by atoms with van der Waals surface area (Å²) in [6, 6.07) is 1.85. The molecular weight excluding hydrogens is 337 g/mol. The first-order valence-corrected chi connectivity index (χ1v) is 7.57. The van der Waals surface area contributed by atoms with E-state index in [9.17, 15) is 31.5 Å². The fraction of sp³-hybridized carbons (Fsp3) is 0.385. The van der Waals surface area contributed by atoms with Crippen LogP contribution in [0, 0.1) is 5.92 Å². The van der Waals surface area contributed by atoms with Gasteiger partial charge in [-0.1, -0.05) is 0 Å². The van der Waals surface area contributed by atoms with Gasteiger partial charge >= 0.3 is 6.18 Å². The number of ketones is 1. The number of nitrogens with zero attached hydrogens (tertiary/aromatic N) is 2. The Morgan fingerprint density at radius 3 is 2.39 bits per heavy atom. The Kier molecular flexibility index (Phi) is 4.49. The van der Waals surface area contributed by atoms with Crippen LogP contribution in [0.4, 0.5) is 13.2 Å². The fourth-order valence-electron chi connectivity index (χ4n) is 2.36. The van der Waals surface area contributed by atoms with Crippen molar-refractivity contribution in [1.29, 1.82) is 0 Å². The summed E-state index contributed by atoms with van der Waals surface area (Å²) in [5.74, 6) is -1.93. The number of aliphatic hydroxyl groups excluding tert-OH is 1. The van der Waals surface area contributed by atoms with E-state index in [-0.39, 0.29) is 5.71 Å². The Bertz CT molecular complexity index is 750. The van der Waals surface area contributed by atoms with E-state index in [1.165, 1.54) is 14.0 Å². The molecule has 1 aliphatic heterocycles. The molecule has 23 heavy (non-hydrogen) atoms. The molecule has 1 aromatic rings. The standard InChI is InChI=1S/C13H13F3N2O4S/c1-6-10(12(20)18(2)17-6)11(19)8-4-3-7(13(14,15)16)5-9(8)23(21)22/h3-5,10,12,20,23H,1-2H3. The molecule has 2 atom stereocenters. The zero-order valence-electron chi connectivity index (χ0n) is 12.0. The number of hydrogen-bond acceptors (Lipinski definition) is 6. The van der Waals surface area contributed by atoms with Crippen LogP contribution >= 0.6 is 0 Å². The predicted molar refractivity (Wildman–Crippen MR) is 74.7 cm³/mol. The average Bonchev–Trinajstić information content (AvgIpc) is 2.69. The Labute approximate surface area is 131 Å². The molecule has 10 heteroatoms. The average molecular weight is 350 g/mol. The maximum Gasteiger partial charge on any atom is 0.416 e. The molecule has 1 N–H and O–H groups in total. The van der Waals surface area contributed by atoms with Gasteiger partial charge in [-0.05, 0) is 25.1 Å². The first kappa shape index (κ1) is 17.4. The predicted octanol–water partition coefficient (Wildman–Crippen LogP) is 1.11. The SMILES string of the molecule is CC1=NN(C)C(O)C1C(=O)c1ccc(C(F)(F)F)cc1[SH](=O)=O. The first-order chi connectivity index (χ1) is 10.5. The highest BCUT2D eigenvalue weighted by molar-refractivity contribution is 7.72. The van der Waals surface area contributed by atoms with Crippen molar-refractivity contribution in [2.75, 3.05) is 7.05 Å². The first-order valence-electron chi connectivity index (χ1n) is 6.40. The molecular formula is C13H13F3N2O4S. The second-order valence-electron chi connectivity index (χ2n) is 5.06. The Hall–Kier alpha value is -1.94. The van der Waals surface area contributed by atoms with Crippen LogP contribution in [0.5, 0.6) is 0 Å². The van der Waals surface area contributed by atoms with Crippen LogP contribution in [0.2, 0.25) is 0 Å². The van der Waals surface area contributed by atoms with Crippen molar-refractivity contribution in [2.24, 2.45) is 11.0 Å². The normalized spacial score (nSPS) is 21.7. The second kappa shape index (κ2) is 5.93. The van der Waals surface area contributed by atoms with Crippen molar-refractivity contribution in [1.82, 2.24) is 5.01 Å². The van der Waals surface area contributed by atoms with E-state index in [0.717, 1.165) is 11.1 Å². The second-order valence-corrected chi connectivity index (χ2v) is 6.05. The van der Waals surface area contributed by atoms with Gasteiger partial charge in [-0.25, -0.2) is 8.42 Å². The minimum absolute atomic E-state index is 0.247. The molecule has 0 radical (unpaired) electrons. The smallest absolute Gasteiger partial charge is 0.371 e. The molecule has 6 nitrogen and oxygen atoms in total. The summed E-state index contributed by atoms with van der Waals surface area (Å²) in [4.78, 5) is 11.8. The van der Waals surface area contributed by atoms with Crippen LogP contribution in [0.1, 0.15) is 22.8 Å². The third kappa shape index (κ3) is 3.22. The molecule has 0 saturated heterocycles. The highest BCUT2D eigenvalue weighted by atomic mass is 32.2. The summed E-state index contributed by atoms with van der Waals surface area (Å²) < 4.78 is 60.6. The third-order valence-electron chi connectivity index (χ3n) is 3.52. The number of thiol groups is 1. The van der Waals surface area contributed by atoms with E-state index in [4.69, 9.17) is 0 Å². The third-order valence-corrected chi connectivity index (χ3v) is 4.28. The summed E-state index contributed by atoms with van der Waals surface area (Å²) in [7, 11) is -2.00. The van der Waals surface area contributed by atoms with E-state index < -0.39 is 50.8 Å². The molecule has 0 bridgehead atoms. The Morgan fingerprint density at radius 1 is 1.35 bits per heavy atom. The maximum atomic E-state index is 12.7. The minimum atomic E-state index is -4.73. The van der Waals surface area contributed by atoms with Crippen molar-refractivity contribution in [2.45, 2.75) is 24.2 Å². The van der Waals surface area contributed by atoms with Gasteiger partial charge in [0.25, 0.3) is 0 Å². The molecule has 0 amide bonds. The zero-order chi connectivity index (χ0) is 17.5. The zero-order valence-corrected chi connectivity index (χ0v) is 12.9. The monoisotopic (exact) mass is 350 g/mol. The summed E-state index contributed by atoms with van der Waals surface area (Å²) in [5.41, 5.74) is -1.32. The van der Waals surface area contributed by atoms with Crippen LogP contribution in [0.15, 0.2) is 28.2 Å². The van der Waals surface area contributed by atoms with Gasteiger partial charge in [-0.2, -0.15) is 18.3 Å². The quantitative estimate of drug-likeness (QED) is 0.630. The number of hydrazone groups is 1. The van der Waals surface area contributed by atoms with Gasteiger partial charge in [0.1, 0.15) is 5.92 Å². The molecule has 0 saturated carbocycles. The van der Waals surface area contributed by atoms with Crippen LogP contribution in [0.25, 0.3) is 0 Å². The minimum Gasteiger partial charge on any atom is -0.371 e. The summed E-state index contributed by atoms with van der Waals surface area (Å²) >= 11 is 0. The molecule has 1 aliphatic rings. The van der Waals surface area contributed by atoms with E-state index in [0.29, 0.717) is 12.1 Å². The van der Waals surface area contributed by atoms with Crippen LogP contribution in [-0.4, -0.2) is 43.3 Å². The lowest BCUT2D eigenvalue weighted by molar-refractivity contribution is -0.137. The van der Waals surface area contributed by atoms with Crippen molar-refractivity contribution in [3.05, 3.63) is 29.3 Å². The van der Waals surface area contributed by atoms with Crippen molar-refractivity contribution >= 4 is 22.2 Å². The lowest BCUT2D eigenvalue weighted by Gasteiger charge is -2.19. The van der Waals surface area contributed by atoms with Crippen LogP contribution < -0.4 is 0 Å². The van der Waals surface area contributed by atoms with E-state index >= 15 is 0 Å². The van der Waals surface area contributed by atoms with Gasteiger partial charge in [0.05, 0.1) is 16.2 Å². The number of carbonyl (C=O) groups excluding carboxylic acids is 1. The molecule has 1 aromatic carbocycles. The number of hydrogen-bond donors (Lipinski definition) is 2. The van der Waals surface area contributed by atoms with Gasteiger partial charge in [-0.3, -0.25) is 9.80 Å². The van der Waals surface area contributed by atoms with Crippen LogP contribution in [-0.2, 0) is 16.9 Å². The molecule has 0 fully saturated rings. The largest absolute Gasteiger partial charge is 0.416 e. The molecule has 2 rings (SSSR count). The van der Waals surface area contributed by atoms with E-state index in [2.05, 4.69) is 5.10 Å². The van der Waals surface area contributed by atoms with Crippen LogP contribution in [0.3, 0.4) is 0 Å².